The van der Waals surface area contributed by atoms with E-state index in [4.69, 9.17) is 14.0 Å². The highest BCUT2D eigenvalue weighted by atomic mass is 16.7. The fourth-order valence-electron chi connectivity index (χ4n) is 1.86. The lowest BCUT2D eigenvalue weighted by Gasteiger charge is -2.32. The van der Waals surface area contributed by atoms with Crippen LogP contribution in [0.3, 0.4) is 0 Å². The van der Waals surface area contributed by atoms with Gasteiger partial charge in [0, 0.05) is 6.08 Å². The molecular weight excluding hydrogens is 255 g/mol. The number of rotatable bonds is 3. The van der Waals surface area contributed by atoms with Crippen molar-refractivity contribution in [2.45, 2.75) is 38.9 Å². The molecule has 1 aromatic rings. The van der Waals surface area contributed by atoms with Crippen LogP contribution in [-0.2, 0) is 14.1 Å². The second kappa shape index (κ2) is 5.07. The highest BCUT2D eigenvalue weighted by Crippen LogP contribution is 2.36. The summed E-state index contributed by atoms with van der Waals surface area (Å²) in [6, 6.07) is 7.12. The maximum atomic E-state index is 11.2. The van der Waals surface area contributed by atoms with Crippen LogP contribution in [0.15, 0.2) is 36.9 Å². The number of benzene rings is 1. The van der Waals surface area contributed by atoms with Crippen LogP contribution in [0.1, 0.15) is 27.7 Å². The van der Waals surface area contributed by atoms with E-state index in [1.807, 2.05) is 33.8 Å². The molecule has 1 saturated heterocycles. The van der Waals surface area contributed by atoms with Gasteiger partial charge in [0.15, 0.2) is 0 Å². The van der Waals surface area contributed by atoms with Crippen LogP contribution < -0.4 is 10.2 Å². The third-order valence-corrected chi connectivity index (χ3v) is 3.77. The monoisotopic (exact) mass is 274 g/mol. The van der Waals surface area contributed by atoms with Crippen molar-refractivity contribution in [2.75, 3.05) is 0 Å². The Bertz CT molecular complexity index is 520. The molecule has 0 saturated carbocycles. The third kappa shape index (κ3) is 2.79. The van der Waals surface area contributed by atoms with Gasteiger partial charge in [-0.2, -0.15) is 0 Å². The first-order chi connectivity index (χ1) is 9.25. The van der Waals surface area contributed by atoms with E-state index in [1.54, 1.807) is 18.2 Å². The Morgan fingerprint density at radius 1 is 1.25 bits per heavy atom. The van der Waals surface area contributed by atoms with Gasteiger partial charge in [0.05, 0.1) is 11.2 Å². The molecule has 5 heteroatoms. The van der Waals surface area contributed by atoms with E-state index >= 15 is 0 Å². The van der Waals surface area contributed by atoms with Gasteiger partial charge in [-0.1, -0.05) is 18.7 Å². The lowest BCUT2D eigenvalue weighted by atomic mass is 9.79. The molecule has 4 nitrogen and oxygen atoms in total. The predicted octanol–water partition coefficient (Wildman–Crippen LogP) is 2.08. The minimum atomic E-state index is -0.490. The summed E-state index contributed by atoms with van der Waals surface area (Å²) in [6.07, 6.45) is 1.13. The Balaban J connectivity index is 2.21. The van der Waals surface area contributed by atoms with Crippen LogP contribution in [0.2, 0.25) is 0 Å². The van der Waals surface area contributed by atoms with E-state index in [0.29, 0.717) is 5.75 Å². The molecule has 0 aliphatic carbocycles. The number of hydrogen-bond acceptors (Lipinski definition) is 4. The summed E-state index contributed by atoms with van der Waals surface area (Å²) in [5, 5.41) is 0. The summed E-state index contributed by atoms with van der Waals surface area (Å²) in [5.41, 5.74) is 0.0229. The van der Waals surface area contributed by atoms with Crippen LogP contribution in [0.4, 0.5) is 0 Å². The minimum absolute atomic E-state index is 0.397. The molecule has 0 atom stereocenters. The van der Waals surface area contributed by atoms with Crippen LogP contribution in [-0.4, -0.2) is 24.3 Å². The smallest absolute Gasteiger partial charge is 0.423 e. The first-order valence-corrected chi connectivity index (χ1v) is 6.55. The van der Waals surface area contributed by atoms with Crippen LogP contribution in [0.25, 0.3) is 0 Å². The molecule has 20 heavy (non-hydrogen) atoms. The lowest BCUT2D eigenvalue weighted by molar-refractivity contribution is -0.128. The van der Waals surface area contributed by atoms with Crippen molar-refractivity contribution in [3.8, 4) is 5.75 Å². The molecule has 0 spiro atoms. The van der Waals surface area contributed by atoms with E-state index in [2.05, 4.69) is 6.58 Å². The van der Waals surface area contributed by atoms with Gasteiger partial charge >= 0.3 is 13.1 Å². The maximum Gasteiger partial charge on any atom is 0.494 e. The Labute approximate surface area is 119 Å². The fourth-order valence-corrected chi connectivity index (χ4v) is 1.86. The molecule has 2 rings (SSSR count). The Kier molecular flexibility index (Phi) is 3.76. The highest BCUT2D eigenvalue weighted by Gasteiger charge is 2.51. The van der Waals surface area contributed by atoms with E-state index in [9.17, 15) is 4.79 Å². The lowest BCUT2D eigenvalue weighted by Crippen LogP contribution is -2.41. The number of esters is 1. The first-order valence-electron chi connectivity index (χ1n) is 6.55. The minimum Gasteiger partial charge on any atom is -0.423 e. The third-order valence-electron chi connectivity index (χ3n) is 3.77. The Hall–Kier alpha value is -1.59. The molecule has 0 aromatic heterocycles. The van der Waals surface area contributed by atoms with Gasteiger partial charge in [0.2, 0.25) is 0 Å². The van der Waals surface area contributed by atoms with Gasteiger partial charge in [0.1, 0.15) is 5.75 Å². The summed E-state index contributed by atoms with van der Waals surface area (Å²) in [4.78, 5) is 11.2. The van der Waals surface area contributed by atoms with Gasteiger partial charge < -0.3 is 14.0 Å². The Morgan fingerprint density at radius 2 is 1.85 bits per heavy atom. The van der Waals surface area contributed by atoms with Gasteiger partial charge in [-0.15, -0.1) is 0 Å². The van der Waals surface area contributed by atoms with Gasteiger partial charge in [-0.3, -0.25) is 0 Å². The molecule has 1 aliphatic heterocycles. The SMILES string of the molecule is C=CC(=O)Oc1cccc(B2OC(C)(C)C(C)(C)O2)c1. The van der Waals surface area contributed by atoms with Gasteiger partial charge in [-0.05, 0) is 45.3 Å². The number of carbonyl (C=O) groups excluding carboxylic acids is 1. The predicted molar refractivity (Wildman–Crippen MR) is 78.0 cm³/mol. The fraction of sp³-hybridized carbons (Fsp3) is 0.400. The van der Waals surface area contributed by atoms with Crippen molar-refractivity contribution in [3.05, 3.63) is 36.9 Å². The van der Waals surface area contributed by atoms with E-state index < -0.39 is 24.3 Å². The second-order valence-electron chi connectivity index (χ2n) is 5.79. The van der Waals surface area contributed by atoms with Crippen molar-refractivity contribution in [1.29, 1.82) is 0 Å². The molecule has 1 aromatic carbocycles. The van der Waals surface area contributed by atoms with Crippen LogP contribution in [0, 0.1) is 0 Å². The molecule has 0 unspecified atom stereocenters. The van der Waals surface area contributed by atoms with Gasteiger partial charge in [-0.25, -0.2) is 4.79 Å². The zero-order chi connectivity index (χ0) is 15.0. The van der Waals surface area contributed by atoms with E-state index in [1.165, 1.54) is 0 Å². The van der Waals surface area contributed by atoms with Crippen molar-refractivity contribution in [3.63, 3.8) is 0 Å². The largest absolute Gasteiger partial charge is 0.494 e. The van der Waals surface area contributed by atoms with Crippen LogP contribution in [0.5, 0.6) is 5.75 Å². The van der Waals surface area contributed by atoms with Crippen molar-refractivity contribution in [1.82, 2.24) is 0 Å². The standard InChI is InChI=1S/C15H19BO4/c1-6-13(17)18-12-9-7-8-11(10-12)16-19-14(2,3)15(4,5)20-16/h6-10H,1H2,2-5H3. The average Bonchev–Trinajstić information content (AvgIpc) is 2.59. The molecule has 0 amide bonds. The van der Waals surface area contributed by atoms with E-state index in [-0.39, 0.29) is 0 Å². The molecule has 106 valence electrons. The Morgan fingerprint density at radius 3 is 2.40 bits per heavy atom. The molecule has 0 N–H and O–H groups in total. The average molecular weight is 274 g/mol. The highest BCUT2D eigenvalue weighted by molar-refractivity contribution is 6.62. The zero-order valence-electron chi connectivity index (χ0n) is 12.3. The van der Waals surface area contributed by atoms with Crippen molar-refractivity contribution in [2.24, 2.45) is 0 Å². The maximum absolute atomic E-state index is 11.2. The summed E-state index contributed by atoms with van der Waals surface area (Å²) >= 11 is 0. The molecule has 0 radical (unpaired) electrons. The van der Waals surface area contributed by atoms with Crippen LogP contribution >= 0.6 is 0 Å². The summed E-state index contributed by atoms with van der Waals surface area (Å²) in [7, 11) is -0.470. The molecule has 1 heterocycles. The molecule has 0 bridgehead atoms. The molecule has 1 aliphatic rings. The topological polar surface area (TPSA) is 44.8 Å². The number of ether oxygens (including phenoxy) is 1. The van der Waals surface area contributed by atoms with Gasteiger partial charge in [0.25, 0.3) is 0 Å². The summed E-state index contributed by atoms with van der Waals surface area (Å²) in [5.74, 6) is -0.0434. The summed E-state index contributed by atoms with van der Waals surface area (Å²) in [6.45, 7) is 11.3. The van der Waals surface area contributed by atoms with Crippen molar-refractivity contribution < 1.29 is 18.8 Å². The molecular formula is C15H19BO4. The van der Waals surface area contributed by atoms with E-state index in [0.717, 1.165) is 11.5 Å². The zero-order valence-corrected chi connectivity index (χ0v) is 12.3. The first kappa shape index (κ1) is 14.8. The molecule has 1 fully saturated rings. The number of hydrogen-bond donors (Lipinski definition) is 0. The van der Waals surface area contributed by atoms with Crippen molar-refractivity contribution >= 4 is 18.6 Å². The second-order valence-corrected chi connectivity index (χ2v) is 5.79. The quantitative estimate of drug-likeness (QED) is 0.366. The normalized spacial score (nSPS) is 19.7. The number of carbonyl (C=O) groups is 1. The summed E-state index contributed by atoms with van der Waals surface area (Å²) < 4.78 is 17.0.